The predicted octanol–water partition coefficient (Wildman–Crippen LogP) is 3.66. The predicted molar refractivity (Wildman–Crippen MR) is 96.0 cm³/mol. The highest BCUT2D eigenvalue weighted by atomic mass is 32.1. The number of hydrogen-bond acceptors (Lipinski definition) is 5. The van der Waals surface area contributed by atoms with Crippen LogP contribution in [-0.2, 0) is 6.54 Å². The highest BCUT2D eigenvalue weighted by Gasteiger charge is 2.19. The van der Waals surface area contributed by atoms with Crippen LogP contribution >= 0.6 is 11.3 Å². The molecule has 0 saturated heterocycles. The molecule has 1 amide bonds. The number of aromatic nitrogens is 2. The van der Waals surface area contributed by atoms with Gasteiger partial charge >= 0.3 is 5.82 Å². The van der Waals surface area contributed by atoms with Gasteiger partial charge in [0, 0.05) is 6.04 Å². The van der Waals surface area contributed by atoms with Crippen molar-refractivity contribution in [2.24, 2.45) is 0 Å². The Labute approximate surface area is 150 Å². The van der Waals surface area contributed by atoms with Crippen LogP contribution in [-0.4, -0.2) is 26.7 Å². The Kier molecular flexibility index (Phi) is 5.47. The number of thiophene rings is 1. The van der Waals surface area contributed by atoms with Crippen molar-refractivity contribution in [2.45, 2.75) is 58.0 Å². The number of nitrogens with one attached hydrogen (secondary N) is 1. The minimum atomic E-state index is -0.497. The first-order valence-electron chi connectivity index (χ1n) is 8.60. The van der Waals surface area contributed by atoms with Crippen molar-refractivity contribution >= 4 is 23.1 Å². The summed E-state index contributed by atoms with van der Waals surface area (Å²) in [6.45, 7) is 2.21. The third-order valence-corrected chi connectivity index (χ3v) is 5.53. The fourth-order valence-corrected chi connectivity index (χ4v) is 3.98. The van der Waals surface area contributed by atoms with Crippen LogP contribution in [0.2, 0.25) is 0 Å². The molecule has 3 rings (SSSR count). The minimum absolute atomic E-state index is 0.0219. The van der Waals surface area contributed by atoms with Gasteiger partial charge in [0.15, 0.2) is 0 Å². The zero-order chi connectivity index (χ0) is 17.8. The maximum Gasteiger partial charge on any atom is 0.390 e. The van der Waals surface area contributed by atoms with E-state index in [1.807, 2.05) is 11.4 Å². The lowest BCUT2D eigenvalue weighted by molar-refractivity contribution is -0.389. The number of hydrogen-bond donors (Lipinski definition) is 1. The van der Waals surface area contributed by atoms with Crippen molar-refractivity contribution in [1.29, 1.82) is 0 Å². The first-order valence-corrected chi connectivity index (χ1v) is 9.48. The molecule has 2 heterocycles. The van der Waals surface area contributed by atoms with E-state index < -0.39 is 4.92 Å². The molecule has 1 aliphatic carbocycles. The minimum Gasteiger partial charge on any atom is -0.358 e. The fraction of sp³-hybridized carbons (Fsp3) is 0.529. The van der Waals surface area contributed by atoms with Crippen LogP contribution < -0.4 is 5.32 Å². The van der Waals surface area contributed by atoms with Gasteiger partial charge in [0.25, 0.3) is 5.91 Å². The van der Waals surface area contributed by atoms with Crippen LogP contribution in [0.4, 0.5) is 5.82 Å². The SMILES string of the molecule is Cc1cc([N+](=O)[O-])nn1Cc1csc(C(=O)NC2CCCCCC2)c1. The van der Waals surface area contributed by atoms with Crippen LogP contribution in [0.5, 0.6) is 0 Å². The second kappa shape index (κ2) is 7.77. The summed E-state index contributed by atoms with van der Waals surface area (Å²) in [6.07, 6.45) is 6.98. The molecule has 0 atom stereocenters. The molecule has 1 fully saturated rings. The number of rotatable bonds is 5. The highest BCUT2D eigenvalue weighted by molar-refractivity contribution is 7.12. The van der Waals surface area contributed by atoms with Gasteiger partial charge in [0.1, 0.15) is 0 Å². The summed E-state index contributed by atoms with van der Waals surface area (Å²) in [5.74, 6) is -0.176. The van der Waals surface area contributed by atoms with Crippen LogP contribution in [0.1, 0.15) is 59.5 Å². The molecule has 1 saturated carbocycles. The van der Waals surface area contributed by atoms with Crippen LogP contribution in [0.15, 0.2) is 17.5 Å². The molecule has 1 N–H and O–H groups in total. The van der Waals surface area contributed by atoms with Crippen LogP contribution in [0, 0.1) is 17.0 Å². The second-order valence-electron chi connectivity index (χ2n) is 6.54. The van der Waals surface area contributed by atoms with E-state index in [9.17, 15) is 14.9 Å². The monoisotopic (exact) mass is 362 g/mol. The zero-order valence-corrected chi connectivity index (χ0v) is 15.1. The van der Waals surface area contributed by atoms with Gasteiger partial charge in [-0.2, -0.15) is 4.68 Å². The third kappa shape index (κ3) is 4.45. The lowest BCUT2D eigenvalue weighted by Gasteiger charge is -2.15. The van der Waals surface area contributed by atoms with E-state index in [1.54, 1.807) is 11.6 Å². The van der Waals surface area contributed by atoms with Gasteiger partial charge < -0.3 is 15.4 Å². The quantitative estimate of drug-likeness (QED) is 0.499. The summed E-state index contributed by atoms with van der Waals surface area (Å²) >= 11 is 1.40. The van der Waals surface area contributed by atoms with Gasteiger partial charge in [-0.05, 0) is 41.7 Å². The molecular formula is C17H22N4O3S. The van der Waals surface area contributed by atoms with Crippen molar-refractivity contribution in [3.05, 3.63) is 43.8 Å². The van der Waals surface area contributed by atoms with E-state index >= 15 is 0 Å². The Morgan fingerprint density at radius 1 is 1.36 bits per heavy atom. The Hall–Kier alpha value is -2.22. The van der Waals surface area contributed by atoms with Crippen LogP contribution in [0.25, 0.3) is 0 Å². The molecule has 2 aromatic heterocycles. The van der Waals surface area contributed by atoms with Crippen molar-refractivity contribution in [3.8, 4) is 0 Å². The molecular weight excluding hydrogens is 340 g/mol. The van der Waals surface area contributed by atoms with Gasteiger partial charge in [-0.3, -0.25) is 4.79 Å². The molecule has 25 heavy (non-hydrogen) atoms. The summed E-state index contributed by atoms with van der Waals surface area (Å²) in [5, 5.41) is 19.8. The lowest BCUT2D eigenvalue weighted by atomic mass is 10.1. The largest absolute Gasteiger partial charge is 0.390 e. The van der Waals surface area contributed by atoms with Gasteiger partial charge in [-0.15, -0.1) is 11.3 Å². The van der Waals surface area contributed by atoms with Gasteiger partial charge in [-0.1, -0.05) is 25.7 Å². The summed E-state index contributed by atoms with van der Waals surface area (Å²) in [5.41, 5.74) is 1.65. The number of amides is 1. The number of carbonyl (C=O) groups is 1. The van der Waals surface area contributed by atoms with E-state index in [-0.39, 0.29) is 17.8 Å². The number of aryl methyl sites for hydroxylation is 1. The topological polar surface area (TPSA) is 90.1 Å². The fourth-order valence-electron chi connectivity index (χ4n) is 3.17. The van der Waals surface area contributed by atoms with E-state index in [0.717, 1.165) is 24.1 Å². The number of nitrogens with zero attached hydrogens (tertiary/aromatic N) is 3. The molecule has 8 heteroatoms. The Morgan fingerprint density at radius 2 is 2.08 bits per heavy atom. The molecule has 2 aromatic rings. The first kappa shape index (κ1) is 17.6. The molecule has 1 aliphatic rings. The van der Waals surface area contributed by atoms with E-state index in [4.69, 9.17) is 0 Å². The molecule has 0 aromatic carbocycles. The highest BCUT2D eigenvalue weighted by Crippen LogP contribution is 2.21. The molecule has 0 aliphatic heterocycles. The number of nitro groups is 1. The smallest absolute Gasteiger partial charge is 0.358 e. The summed E-state index contributed by atoms with van der Waals surface area (Å²) in [4.78, 5) is 23.4. The van der Waals surface area contributed by atoms with E-state index in [1.165, 1.54) is 43.1 Å². The zero-order valence-electron chi connectivity index (χ0n) is 14.2. The average Bonchev–Trinajstić information content (AvgIpc) is 3.09. The van der Waals surface area contributed by atoms with Gasteiger partial charge in [-0.25, -0.2) is 0 Å². The van der Waals surface area contributed by atoms with Crippen molar-refractivity contribution < 1.29 is 9.72 Å². The molecule has 7 nitrogen and oxygen atoms in total. The molecule has 134 valence electrons. The van der Waals surface area contributed by atoms with E-state index in [0.29, 0.717) is 11.4 Å². The van der Waals surface area contributed by atoms with Crippen LogP contribution in [0.3, 0.4) is 0 Å². The average molecular weight is 362 g/mol. The molecule has 0 unspecified atom stereocenters. The third-order valence-electron chi connectivity index (χ3n) is 4.56. The first-order chi connectivity index (χ1) is 12.0. The van der Waals surface area contributed by atoms with Crippen molar-refractivity contribution in [1.82, 2.24) is 15.1 Å². The van der Waals surface area contributed by atoms with Crippen molar-refractivity contribution in [2.75, 3.05) is 0 Å². The summed E-state index contributed by atoms with van der Waals surface area (Å²) < 4.78 is 1.59. The van der Waals surface area contributed by atoms with Crippen molar-refractivity contribution in [3.63, 3.8) is 0 Å². The maximum absolute atomic E-state index is 12.4. The Morgan fingerprint density at radius 3 is 2.72 bits per heavy atom. The Bertz CT molecular complexity index is 760. The molecule has 0 radical (unpaired) electrons. The molecule has 0 spiro atoms. The lowest BCUT2D eigenvalue weighted by Crippen LogP contribution is -2.33. The standard InChI is InChI=1S/C17H22N4O3S/c1-12-8-16(21(23)24)19-20(12)10-13-9-15(25-11-13)17(22)18-14-6-4-2-3-5-7-14/h8-9,11,14H,2-7,10H2,1H3,(H,18,22). The normalized spacial score (nSPS) is 15.7. The maximum atomic E-state index is 12.4. The van der Waals surface area contributed by atoms with E-state index in [2.05, 4.69) is 10.4 Å². The van der Waals surface area contributed by atoms with Gasteiger partial charge in [0.2, 0.25) is 0 Å². The number of carbonyl (C=O) groups excluding carboxylic acids is 1. The summed E-state index contributed by atoms with van der Waals surface area (Å²) in [6, 6.07) is 3.58. The van der Waals surface area contributed by atoms with Gasteiger partial charge in [0.05, 0.1) is 28.3 Å². The second-order valence-corrected chi connectivity index (χ2v) is 7.45. The molecule has 0 bridgehead atoms. The summed E-state index contributed by atoms with van der Waals surface area (Å²) in [7, 11) is 0. The Balaban J connectivity index is 1.63.